The van der Waals surface area contributed by atoms with Gasteiger partial charge in [0.05, 0.1) is 6.10 Å². The van der Waals surface area contributed by atoms with Crippen LogP contribution in [0.5, 0.6) is 5.75 Å². The highest BCUT2D eigenvalue weighted by Gasteiger charge is 2.11. The number of benzene rings is 1. The van der Waals surface area contributed by atoms with Crippen LogP contribution in [0.1, 0.15) is 19.4 Å². The summed E-state index contributed by atoms with van der Waals surface area (Å²) in [6.07, 6.45) is -0.545. The van der Waals surface area contributed by atoms with Crippen molar-refractivity contribution in [3.63, 3.8) is 0 Å². The number of rotatable bonds is 6. The number of amides is 1. The molecule has 0 radical (unpaired) electrons. The molecule has 0 saturated carbocycles. The van der Waals surface area contributed by atoms with Gasteiger partial charge in [0, 0.05) is 17.1 Å². The van der Waals surface area contributed by atoms with E-state index >= 15 is 0 Å². The first-order valence-electron chi connectivity index (χ1n) is 6.24. The number of hydrogen-bond acceptors (Lipinski definition) is 3. The molecule has 1 aromatic rings. The molecule has 5 heteroatoms. The fourth-order valence-electron chi connectivity index (χ4n) is 1.39. The maximum absolute atomic E-state index is 11.6. The summed E-state index contributed by atoms with van der Waals surface area (Å²) in [4.78, 5) is 11.6. The van der Waals surface area contributed by atoms with Crippen molar-refractivity contribution in [2.24, 2.45) is 5.92 Å². The summed E-state index contributed by atoms with van der Waals surface area (Å²) in [6.45, 7) is 5.75. The van der Waals surface area contributed by atoms with Gasteiger partial charge in [-0.25, -0.2) is 0 Å². The highest BCUT2D eigenvalue weighted by atomic mass is 35.5. The molecular formula is C14H20ClNO3. The van der Waals surface area contributed by atoms with Crippen molar-refractivity contribution in [2.45, 2.75) is 26.9 Å². The Hall–Kier alpha value is -1.26. The average molecular weight is 286 g/mol. The fraction of sp³-hybridized carbons (Fsp3) is 0.500. The molecule has 4 nitrogen and oxygen atoms in total. The molecule has 106 valence electrons. The van der Waals surface area contributed by atoms with Crippen LogP contribution in [-0.4, -0.2) is 30.3 Å². The lowest BCUT2D eigenvalue weighted by Gasteiger charge is -2.15. The van der Waals surface area contributed by atoms with Gasteiger partial charge in [0.2, 0.25) is 0 Å². The van der Waals surface area contributed by atoms with Crippen LogP contribution in [0.3, 0.4) is 0 Å². The van der Waals surface area contributed by atoms with E-state index in [1.807, 2.05) is 20.8 Å². The number of halogens is 1. The van der Waals surface area contributed by atoms with Crippen LogP contribution in [0.4, 0.5) is 0 Å². The van der Waals surface area contributed by atoms with E-state index in [2.05, 4.69) is 5.32 Å². The molecule has 1 amide bonds. The summed E-state index contributed by atoms with van der Waals surface area (Å²) in [5, 5.41) is 12.8. The molecule has 1 aromatic carbocycles. The third kappa shape index (κ3) is 5.09. The van der Waals surface area contributed by atoms with Gasteiger partial charge < -0.3 is 15.2 Å². The summed E-state index contributed by atoms with van der Waals surface area (Å²) in [6, 6.07) is 5.30. The first-order valence-corrected chi connectivity index (χ1v) is 6.62. The van der Waals surface area contributed by atoms with Crippen molar-refractivity contribution in [3.05, 3.63) is 28.8 Å². The molecule has 2 N–H and O–H groups in total. The average Bonchev–Trinajstić information content (AvgIpc) is 2.37. The maximum Gasteiger partial charge on any atom is 0.258 e. The second kappa shape index (κ2) is 7.36. The van der Waals surface area contributed by atoms with Gasteiger partial charge in [-0.15, -0.1) is 0 Å². The van der Waals surface area contributed by atoms with Crippen LogP contribution in [0.25, 0.3) is 0 Å². The maximum atomic E-state index is 11.6. The van der Waals surface area contributed by atoms with Gasteiger partial charge in [0.1, 0.15) is 5.75 Å². The van der Waals surface area contributed by atoms with Crippen LogP contribution in [0, 0.1) is 12.8 Å². The van der Waals surface area contributed by atoms with E-state index in [1.165, 1.54) is 0 Å². The molecule has 0 aliphatic carbocycles. The molecule has 0 bridgehead atoms. The van der Waals surface area contributed by atoms with E-state index in [-0.39, 0.29) is 25.0 Å². The zero-order valence-electron chi connectivity index (χ0n) is 11.4. The third-order valence-electron chi connectivity index (χ3n) is 2.85. The van der Waals surface area contributed by atoms with Crippen molar-refractivity contribution in [1.29, 1.82) is 0 Å². The molecule has 1 atom stereocenters. The Bertz CT molecular complexity index is 435. The first kappa shape index (κ1) is 15.8. The van der Waals surface area contributed by atoms with Crippen molar-refractivity contribution in [3.8, 4) is 5.75 Å². The van der Waals surface area contributed by atoms with Crippen molar-refractivity contribution in [1.82, 2.24) is 5.32 Å². The minimum absolute atomic E-state index is 0.0913. The van der Waals surface area contributed by atoms with E-state index in [1.54, 1.807) is 18.2 Å². The summed E-state index contributed by atoms with van der Waals surface area (Å²) in [5.74, 6) is 0.433. The Labute approximate surface area is 118 Å². The highest BCUT2D eigenvalue weighted by Crippen LogP contribution is 2.24. The van der Waals surface area contributed by atoms with Crippen molar-refractivity contribution in [2.75, 3.05) is 13.2 Å². The molecule has 0 fully saturated rings. The van der Waals surface area contributed by atoms with Gasteiger partial charge in [-0.2, -0.15) is 0 Å². The topological polar surface area (TPSA) is 58.6 Å². The molecule has 0 heterocycles. The Balaban J connectivity index is 2.40. The van der Waals surface area contributed by atoms with E-state index in [0.29, 0.717) is 10.8 Å². The zero-order chi connectivity index (χ0) is 14.4. The van der Waals surface area contributed by atoms with E-state index in [4.69, 9.17) is 16.3 Å². The second-order valence-corrected chi connectivity index (χ2v) is 5.17. The molecule has 0 aliphatic heterocycles. The Kier molecular flexibility index (Phi) is 6.12. The summed E-state index contributed by atoms with van der Waals surface area (Å²) >= 11 is 5.95. The van der Waals surface area contributed by atoms with E-state index in [9.17, 15) is 9.90 Å². The molecular weight excluding hydrogens is 266 g/mol. The van der Waals surface area contributed by atoms with Crippen LogP contribution < -0.4 is 10.1 Å². The lowest BCUT2D eigenvalue weighted by atomic mass is 10.1. The minimum atomic E-state index is -0.545. The predicted molar refractivity (Wildman–Crippen MR) is 75.5 cm³/mol. The number of carbonyl (C=O) groups excluding carboxylic acids is 1. The second-order valence-electron chi connectivity index (χ2n) is 4.77. The molecule has 19 heavy (non-hydrogen) atoms. The highest BCUT2D eigenvalue weighted by molar-refractivity contribution is 6.31. The molecule has 0 aliphatic rings. The Morgan fingerprint density at radius 2 is 2.16 bits per heavy atom. The zero-order valence-corrected chi connectivity index (χ0v) is 12.2. The number of hydrogen-bond donors (Lipinski definition) is 2. The monoisotopic (exact) mass is 285 g/mol. The summed E-state index contributed by atoms with van der Waals surface area (Å²) < 4.78 is 5.39. The van der Waals surface area contributed by atoms with E-state index < -0.39 is 6.10 Å². The lowest BCUT2D eigenvalue weighted by Crippen LogP contribution is -2.37. The number of nitrogens with one attached hydrogen (secondary N) is 1. The van der Waals surface area contributed by atoms with Gasteiger partial charge in [0.25, 0.3) is 5.91 Å². The smallest absolute Gasteiger partial charge is 0.258 e. The Morgan fingerprint density at radius 3 is 2.79 bits per heavy atom. The summed E-state index contributed by atoms with van der Waals surface area (Å²) in [7, 11) is 0. The van der Waals surface area contributed by atoms with Crippen LogP contribution in [0.15, 0.2) is 18.2 Å². The fourth-order valence-corrected chi connectivity index (χ4v) is 1.56. The number of ether oxygens (including phenoxy) is 1. The van der Waals surface area contributed by atoms with Gasteiger partial charge >= 0.3 is 0 Å². The molecule has 0 spiro atoms. The normalized spacial score (nSPS) is 12.3. The van der Waals surface area contributed by atoms with Crippen LogP contribution in [0.2, 0.25) is 5.02 Å². The summed E-state index contributed by atoms with van der Waals surface area (Å²) in [5.41, 5.74) is 0.805. The standard InChI is InChI=1S/C14H20ClNO3/c1-9(2)12(17)7-16-14(18)8-19-13-6-4-5-11(15)10(13)3/h4-6,9,12,17H,7-8H2,1-3H3,(H,16,18). The van der Waals surface area contributed by atoms with Crippen molar-refractivity contribution < 1.29 is 14.6 Å². The van der Waals surface area contributed by atoms with Crippen molar-refractivity contribution >= 4 is 17.5 Å². The number of aliphatic hydroxyl groups is 1. The van der Waals surface area contributed by atoms with Gasteiger partial charge in [0.15, 0.2) is 6.61 Å². The number of carbonyl (C=O) groups is 1. The van der Waals surface area contributed by atoms with Gasteiger partial charge in [-0.3, -0.25) is 4.79 Å². The largest absolute Gasteiger partial charge is 0.483 e. The van der Waals surface area contributed by atoms with Gasteiger partial charge in [-0.1, -0.05) is 31.5 Å². The van der Waals surface area contributed by atoms with E-state index in [0.717, 1.165) is 5.56 Å². The molecule has 0 aromatic heterocycles. The Morgan fingerprint density at radius 1 is 1.47 bits per heavy atom. The number of aliphatic hydroxyl groups excluding tert-OH is 1. The lowest BCUT2D eigenvalue weighted by molar-refractivity contribution is -0.123. The van der Waals surface area contributed by atoms with Gasteiger partial charge in [-0.05, 0) is 25.0 Å². The van der Waals surface area contributed by atoms with Crippen LogP contribution in [-0.2, 0) is 4.79 Å². The SMILES string of the molecule is Cc1c(Cl)cccc1OCC(=O)NCC(O)C(C)C. The quantitative estimate of drug-likeness (QED) is 0.842. The third-order valence-corrected chi connectivity index (χ3v) is 3.26. The minimum Gasteiger partial charge on any atom is -0.483 e. The molecule has 1 unspecified atom stereocenters. The predicted octanol–water partition coefficient (Wildman–Crippen LogP) is 2.16. The molecule has 1 rings (SSSR count). The first-order chi connectivity index (χ1) is 8.91. The molecule has 0 saturated heterocycles. The van der Waals surface area contributed by atoms with Crippen LogP contribution >= 0.6 is 11.6 Å².